The van der Waals surface area contributed by atoms with Crippen molar-refractivity contribution in [2.75, 3.05) is 13.8 Å². The van der Waals surface area contributed by atoms with E-state index in [0.717, 1.165) is 0 Å². The van der Waals surface area contributed by atoms with E-state index in [2.05, 4.69) is 10.2 Å². The lowest BCUT2D eigenvalue weighted by Gasteiger charge is -1.85. The molecule has 0 aliphatic heterocycles. The third kappa shape index (κ3) is 3.88. The van der Waals surface area contributed by atoms with Crippen LogP contribution in [0, 0.1) is 0 Å². The zero-order valence-corrected chi connectivity index (χ0v) is 3.06. The molecule has 0 rings (SSSR count). The van der Waals surface area contributed by atoms with Gasteiger partial charge in [-0.05, 0) is 7.05 Å². The summed E-state index contributed by atoms with van der Waals surface area (Å²) >= 11 is 0. The number of hydrogen-bond acceptors (Lipinski definition) is 3. The van der Waals surface area contributed by atoms with Crippen LogP contribution in [-0.4, -0.2) is 19.0 Å². The van der Waals surface area contributed by atoms with Gasteiger partial charge in [-0.3, -0.25) is 10.6 Å². The molecule has 0 aromatic carbocycles. The van der Waals surface area contributed by atoms with Gasteiger partial charge in [0.2, 0.25) is 0 Å². The Morgan fingerprint density at radius 2 is 2.60 bits per heavy atom. The Morgan fingerprint density at radius 3 is 2.60 bits per heavy atom. The first-order chi connectivity index (χ1) is 2.41. The quantitative estimate of drug-likeness (QED) is 0.269. The fourth-order valence-electron chi connectivity index (χ4n) is 0.0645. The highest BCUT2D eigenvalue weighted by molar-refractivity contribution is 4.04. The predicted molar refractivity (Wildman–Crippen MR) is 17.6 cm³/mol. The zero-order valence-electron chi connectivity index (χ0n) is 3.06. The van der Waals surface area contributed by atoms with Crippen LogP contribution in [0.25, 0.3) is 0 Å². The molecule has 2 N–H and O–H groups in total. The minimum atomic E-state index is 0.194. The van der Waals surface area contributed by atoms with E-state index in [1.807, 2.05) is 0 Å². The van der Waals surface area contributed by atoms with Crippen LogP contribution in [0.2, 0.25) is 0 Å². The van der Waals surface area contributed by atoms with Crippen molar-refractivity contribution in [2.24, 2.45) is 0 Å². The van der Waals surface area contributed by atoms with E-state index in [1.165, 1.54) is 0 Å². The molecular formula is C2H7NO2. The van der Waals surface area contributed by atoms with Crippen LogP contribution in [-0.2, 0) is 4.89 Å². The van der Waals surface area contributed by atoms with Crippen molar-refractivity contribution in [3.05, 3.63) is 0 Å². The number of hydrogen-bond donors (Lipinski definition) is 2. The molecule has 0 saturated heterocycles. The summed E-state index contributed by atoms with van der Waals surface area (Å²) in [5.41, 5.74) is 0. The molecule has 0 fully saturated rings. The van der Waals surface area contributed by atoms with Crippen LogP contribution in [0.15, 0.2) is 0 Å². The van der Waals surface area contributed by atoms with Gasteiger partial charge in [0.25, 0.3) is 0 Å². The highest BCUT2D eigenvalue weighted by Crippen LogP contribution is 1.47. The first-order valence-corrected chi connectivity index (χ1v) is 1.32. The maximum absolute atomic E-state index is 7.50. The Hall–Kier alpha value is -0.120. The van der Waals surface area contributed by atoms with E-state index in [4.69, 9.17) is 5.26 Å². The Kier molecular flexibility index (Phi) is 3.79. The van der Waals surface area contributed by atoms with Crippen molar-refractivity contribution in [1.29, 1.82) is 0 Å². The molecular weight excluding hydrogens is 70.0 g/mol. The third-order valence-electron chi connectivity index (χ3n) is 0.209. The monoisotopic (exact) mass is 77.0 g/mol. The van der Waals surface area contributed by atoms with Crippen LogP contribution in [0.3, 0.4) is 0 Å². The van der Waals surface area contributed by atoms with Crippen molar-refractivity contribution < 1.29 is 10.1 Å². The maximum Gasteiger partial charge on any atom is 0.132 e. The molecule has 0 aromatic rings. The van der Waals surface area contributed by atoms with Gasteiger partial charge in [0.05, 0.1) is 0 Å². The average Bonchev–Trinajstić information content (AvgIpc) is 1.41. The van der Waals surface area contributed by atoms with E-state index >= 15 is 0 Å². The van der Waals surface area contributed by atoms with E-state index in [0.29, 0.717) is 0 Å². The van der Waals surface area contributed by atoms with Gasteiger partial charge >= 0.3 is 0 Å². The number of rotatable bonds is 2. The van der Waals surface area contributed by atoms with Crippen LogP contribution in [0.4, 0.5) is 0 Å². The van der Waals surface area contributed by atoms with Crippen molar-refractivity contribution in [3.8, 4) is 0 Å². The molecule has 0 bridgehead atoms. The van der Waals surface area contributed by atoms with Crippen molar-refractivity contribution in [3.63, 3.8) is 0 Å². The van der Waals surface area contributed by atoms with Gasteiger partial charge in [-0.1, -0.05) is 0 Å². The molecule has 0 aliphatic rings. The van der Waals surface area contributed by atoms with E-state index < -0.39 is 0 Å². The van der Waals surface area contributed by atoms with Gasteiger partial charge in [0.15, 0.2) is 0 Å². The van der Waals surface area contributed by atoms with Gasteiger partial charge in [-0.15, -0.1) is 0 Å². The standard InChI is InChI=1S/C2H7NO2/c1-3-2-5-4/h3-4H,2H2,1H3. The zero-order chi connectivity index (χ0) is 4.12. The fraction of sp³-hybridized carbons (Fsp3) is 1.00. The first-order valence-electron chi connectivity index (χ1n) is 1.32. The highest BCUT2D eigenvalue weighted by atomic mass is 17.1. The predicted octanol–water partition coefficient (Wildman–Crippen LogP) is -0.347. The second-order valence-corrected chi connectivity index (χ2v) is 0.627. The lowest BCUT2D eigenvalue weighted by molar-refractivity contribution is -0.246. The molecule has 32 valence electrons. The van der Waals surface area contributed by atoms with Gasteiger partial charge in [0.1, 0.15) is 6.73 Å². The Labute approximate surface area is 30.5 Å². The SMILES string of the molecule is CNCOO. The number of nitrogens with one attached hydrogen (secondary N) is 1. The lowest BCUT2D eigenvalue weighted by Crippen LogP contribution is -2.08. The largest absolute Gasteiger partial charge is 0.295 e. The summed E-state index contributed by atoms with van der Waals surface area (Å²) in [7, 11) is 1.68. The van der Waals surface area contributed by atoms with Crippen molar-refractivity contribution in [2.45, 2.75) is 0 Å². The van der Waals surface area contributed by atoms with Crippen molar-refractivity contribution in [1.82, 2.24) is 5.32 Å². The molecule has 0 heterocycles. The molecule has 0 unspecified atom stereocenters. The van der Waals surface area contributed by atoms with Crippen LogP contribution >= 0.6 is 0 Å². The first kappa shape index (κ1) is 4.88. The second kappa shape index (κ2) is 3.88. The molecule has 3 nitrogen and oxygen atoms in total. The fourth-order valence-corrected chi connectivity index (χ4v) is 0.0645. The molecule has 0 aliphatic carbocycles. The van der Waals surface area contributed by atoms with E-state index in [1.54, 1.807) is 7.05 Å². The Bertz CT molecular complexity index is 15.1. The van der Waals surface area contributed by atoms with Gasteiger partial charge in [-0.2, -0.15) is 0 Å². The van der Waals surface area contributed by atoms with Crippen LogP contribution < -0.4 is 5.32 Å². The molecule has 0 spiro atoms. The highest BCUT2D eigenvalue weighted by Gasteiger charge is 1.64. The smallest absolute Gasteiger partial charge is 0.132 e. The Morgan fingerprint density at radius 1 is 2.00 bits per heavy atom. The minimum Gasteiger partial charge on any atom is -0.295 e. The summed E-state index contributed by atoms with van der Waals surface area (Å²) in [5, 5.41) is 10.0. The second-order valence-electron chi connectivity index (χ2n) is 0.627. The molecule has 0 saturated carbocycles. The molecule has 0 atom stereocenters. The topological polar surface area (TPSA) is 41.5 Å². The third-order valence-corrected chi connectivity index (χ3v) is 0.209. The molecule has 0 amide bonds. The Balaban J connectivity index is 2.19. The lowest BCUT2D eigenvalue weighted by atomic mass is 11.2. The molecule has 0 radical (unpaired) electrons. The van der Waals surface area contributed by atoms with E-state index in [9.17, 15) is 0 Å². The summed E-state index contributed by atoms with van der Waals surface area (Å²) < 4.78 is 0. The van der Waals surface area contributed by atoms with Crippen LogP contribution in [0.5, 0.6) is 0 Å². The maximum atomic E-state index is 7.50. The van der Waals surface area contributed by atoms with Crippen molar-refractivity contribution >= 4 is 0 Å². The van der Waals surface area contributed by atoms with Crippen LogP contribution in [0.1, 0.15) is 0 Å². The molecule has 0 aromatic heterocycles. The molecule has 5 heavy (non-hydrogen) atoms. The molecule has 3 heteroatoms. The summed E-state index contributed by atoms with van der Waals surface area (Å²) in [4.78, 5) is 3.58. The van der Waals surface area contributed by atoms with Gasteiger partial charge in [0, 0.05) is 0 Å². The van der Waals surface area contributed by atoms with E-state index in [-0.39, 0.29) is 6.73 Å². The average molecular weight is 77.1 g/mol. The normalized spacial score (nSPS) is 8.40. The summed E-state index contributed by atoms with van der Waals surface area (Å²) in [6, 6.07) is 0. The minimum absolute atomic E-state index is 0.194. The van der Waals surface area contributed by atoms with Gasteiger partial charge in [-0.25, -0.2) is 4.89 Å². The van der Waals surface area contributed by atoms with Gasteiger partial charge < -0.3 is 0 Å². The summed E-state index contributed by atoms with van der Waals surface area (Å²) in [6.45, 7) is 0.194. The summed E-state index contributed by atoms with van der Waals surface area (Å²) in [5.74, 6) is 0. The summed E-state index contributed by atoms with van der Waals surface area (Å²) in [6.07, 6.45) is 0.